The second kappa shape index (κ2) is 5.58. The molecule has 0 bridgehead atoms. The molecule has 0 N–H and O–H groups in total. The summed E-state index contributed by atoms with van der Waals surface area (Å²) in [6, 6.07) is 17.5. The maximum atomic E-state index is 2.46. The molecule has 0 amide bonds. The molecule has 2 heteroatoms. The number of para-hydroxylation sites is 1. The molecular weight excluding hydrogens is 286 g/mol. The third-order valence-corrected chi connectivity index (χ3v) is 6.29. The van der Waals surface area contributed by atoms with E-state index in [1.54, 1.807) is 5.56 Å². The summed E-state index contributed by atoms with van der Waals surface area (Å²) >= 11 is 2.00. The minimum absolute atomic E-state index is 0.390. The Kier molecular flexibility index (Phi) is 3.57. The van der Waals surface area contributed by atoms with Crippen molar-refractivity contribution < 1.29 is 4.58 Å². The number of nitrogens with zero attached hydrogens (tertiary/aromatic N) is 1. The molecule has 2 aromatic carbocycles. The van der Waals surface area contributed by atoms with E-state index in [0.717, 1.165) is 5.88 Å². The number of hydrogen-bond donors (Lipinski definition) is 0. The van der Waals surface area contributed by atoms with Crippen molar-refractivity contribution in [1.29, 1.82) is 0 Å². The van der Waals surface area contributed by atoms with E-state index in [4.69, 9.17) is 0 Å². The van der Waals surface area contributed by atoms with Crippen LogP contribution in [0.15, 0.2) is 53.4 Å². The maximum Gasteiger partial charge on any atom is 0.205 e. The molecule has 0 atom stereocenters. The highest BCUT2D eigenvalue weighted by molar-refractivity contribution is 7.99. The zero-order valence-corrected chi connectivity index (χ0v) is 13.9. The number of rotatable bonds is 2. The summed E-state index contributed by atoms with van der Waals surface area (Å²) in [5.41, 5.74) is 4.63. The fourth-order valence-electron chi connectivity index (χ4n) is 3.83. The van der Waals surface area contributed by atoms with Gasteiger partial charge in [-0.3, -0.25) is 0 Å². The van der Waals surface area contributed by atoms with Gasteiger partial charge in [0.25, 0.3) is 0 Å². The molecule has 2 aromatic rings. The molecule has 0 radical (unpaired) electrons. The van der Waals surface area contributed by atoms with Gasteiger partial charge in [0.15, 0.2) is 12.1 Å². The van der Waals surface area contributed by atoms with Gasteiger partial charge in [-0.05, 0) is 29.9 Å². The first-order chi connectivity index (χ1) is 10.8. The molecule has 0 saturated heterocycles. The van der Waals surface area contributed by atoms with Gasteiger partial charge >= 0.3 is 0 Å². The van der Waals surface area contributed by atoms with Crippen molar-refractivity contribution in [2.45, 2.75) is 42.9 Å². The standard InChI is InChI=1S/C20H22NS/c1-20(12-5-6-13-20)18-11-7-8-16-14-21(15-22-19(16)18)17-9-3-2-4-10-17/h2-4,7-11,14H,5-6,12-13,15H2,1H3/q+1. The molecule has 2 aliphatic rings. The quantitative estimate of drug-likeness (QED) is 0.676. The predicted octanol–water partition coefficient (Wildman–Crippen LogP) is 5.34. The molecule has 1 fully saturated rings. The minimum atomic E-state index is 0.390. The normalized spacial score (nSPS) is 19.6. The fraction of sp³-hybridized carbons (Fsp3) is 0.350. The van der Waals surface area contributed by atoms with Crippen molar-refractivity contribution >= 4 is 23.7 Å². The van der Waals surface area contributed by atoms with E-state index in [-0.39, 0.29) is 0 Å². The van der Waals surface area contributed by atoms with Gasteiger partial charge < -0.3 is 0 Å². The maximum absolute atomic E-state index is 2.46. The summed E-state index contributed by atoms with van der Waals surface area (Å²) in [7, 11) is 0. The summed E-state index contributed by atoms with van der Waals surface area (Å²) in [4.78, 5) is 1.51. The molecule has 112 valence electrons. The Morgan fingerprint density at radius 1 is 0.955 bits per heavy atom. The predicted molar refractivity (Wildman–Crippen MR) is 94.5 cm³/mol. The third kappa shape index (κ3) is 2.40. The highest BCUT2D eigenvalue weighted by Crippen LogP contribution is 2.45. The lowest BCUT2D eigenvalue weighted by atomic mass is 9.80. The van der Waals surface area contributed by atoms with Crippen LogP contribution in [0.5, 0.6) is 0 Å². The minimum Gasteiger partial charge on any atom is -0.188 e. The van der Waals surface area contributed by atoms with E-state index in [9.17, 15) is 0 Å². The van der Waals surface area contributed by atoms with E-state index in [2.05, 4.69) is 66.2 Å². The van der Waals surface area contributed by atoms with Gasteiger partial charge in [0.05, 0.1) is 5.56 Å². The van der Waals surface area contributed by atoms with E-state index in [1.165, 1.54) is 41.8 Å². The zero-order valence-electron chi connectivity index (χ0n) is 13.1. The summed E-state index contributed by atoms with van der Waals surface area (Å²) in [5.74, 6) is 1.00. The van der Waals surface area contributed by atoms with Crippen molar-refractivity contribution in [2.24, 2.45) is 0 Å². The smallest absolute Gasteiger partial charge is 0.188 e. The number of hydrogen-bond acceptors (Lipinski definition) is 1. The Morgan fingerprint density at radius 3 is 2.50 bits per heavy atom. The second-order valence-corrected chi connectivity index (χ2v) is 7.65. The highest BCUT2D eigenvalue weighted by atomic mass is 32.2. The van der Waals surface area contributed by atoms with Crippen LogP contribution in [0.4, 0.5) is 5.69 Å². The van der Waals surface area contributed by atoms with Crippen LogP contribution in [0.2, 0.25) is 0 Å². The second-order valence-electron chi connectivity index (χ2n) is 6.70. The zero-order chi connectivity index (χ0) is 15.0. The monoisotopic (exact) mass is 308 g/mol. The molecule has 0 spiro atoms. The average Bonchev–Trinajstić information content (AvgIpc) is 3.02. The molecular formula is C20H22NS+. The molecule has 4 rings (SSSR count). The Hall–Kier alpha value is -1.54. The first kappa shape index (κ1) is 14.1. The third-order valence-electron chi connectivity index (χ3n) is 5.13. The largest absolute Gasteiger partial charge is 0.205 e. The van der Waals surface area contributed by atoms with Crippen molar-refractivity contribution in [3.8, 4) is 0 Å². The molecule has 1 nitrogen and oxygen atoms in total. The van der Waals surface area contributed by atoms with E-state index in [1.807, 2.05) is 11.8 Å². The van der Waals surface area contributed by atoms with E-state index >= 15 is 0 Å². The topological polar surface area (TPSA) is 3.01 Å². The summed E-state index contributed by atoms with van der Waals surface area (Å²) in [6.07, 6.45) is 7.76. The Balaban J connectivity index is 1.76. The van der Waals surface area contributed by atoms with E-state index in [0.29, 0.717) is 5.41 Å². The average molecular weight is 308 g/mol. The summed E-state index contributed by atoms with van der Waals surface area (Å²) < 4.78 is 2.35. The SMILES string of the molecule is CC1(c2cccc3c2SC[N+](c2ccccc2)=C3)CCCC1. The van der Waals surface area contributed by atoms with Gasteiger partial charge in [0, 0.05) is 17.0 Å². The van der Waals surface area contributed by atoms with Crippen LogP contribution in [0.1, 0.15) is 43.7 Å². The van der Waals surface area contributed by atoms with Gasteiger partial charge in [0.2, 0.25) is 5.69 Å². The highest BCUT2D eigenvalue weighted by Gasteiger charge is 2.34. The van der Waals surface area contributed by atoms with Gasteiger partial charge in [-0.2, -0.15) is 4.58 Å². The molecule has 1 aliphatic carbocycles. The van der Waals surface area contributed by atoms with Crippen molar-refractivity contribution in [1.82, 2.24) is 0 Å². The Labute approximate surface area is 137 Å². The van der Waals surface area contributed by atoms with Crippen LogP contribution < -0.4 is 0 Å². The fourth-order valence-corrected chi connectivity index (χ4v) is 5.07. The lowest BCUT2D eigenvalue weighted by Gasteiger charge is -2.28. The first-order valence-corrected chi connectivity index (χ1v) is 9.18. The summed E-state index contributed by atoms with van der Waals surface area (Å²) in [6.45, 7) is 2.46. The molecule has 22 heavy (non-hydrogen) atoms. The molecule has 0 unspecified atom stereocenters. The lowest BCUT2D eigenvalue weighted by molar-refractivity contribution is -0.411. The van der Waals surface area contributed by atoms with Gasteiger partial charge in [-0.25, -0.2) is 0 Å². The molecule has 0 aromatic heterocycles. The van der Waals surface area contributed by atoms with Crippen LogP contribution >= 0.6 is 11.8 Å². The number of thioether (sulfide) groups is 1. The van der Waals surface area contributed by atoms with Crippen LogP contribution in [0, 0.1) is 0 Å². The van der Waals surface area contributed by atoms with Crippen LogP contribution in [-0.2, 0) is 5.41 Å². The van der Waals surface area contributed by atoms with E-state index < -0.39 is 0 Å². The van der Waals surface area contributed by atoms with Crippen LogP contribution in [0.25, 0.3) is 0 Å². The van der Waals surface area contributed by atoms with Gasteiger partial charge in [0.1, 0.15) is 0 Å². The van der Waals surface area contributed by atoms with Gasteiger partial charge in [-0.15, -0.1) is 0 Å². The Morgan fingerprint density at radius 2 is 1.73 bits per heavy atom. The van der Waals surface area contributed by atoms with Crippen molar-refractivity contribution in [3.63, 3.8) is 0 Å². The Bertz CT molecular complexity index is 712. The van der Waals surface area contributed by atoms with Crippen molar-refractivity contribution in [3.05, 3.63) is 59.7 Å². The first-order valence-electron chi connectivity index (χ1n) is 8.19. The lowest BCUT2D eigenvalue weighted by Crippen LogP contribution is -2.21. The molecule has 1 heterocycles. The van der Waals surface area contributed by atoms with Crippen LogP contribution in [0.3, 0.4) is 0 Å². The van der Waals surface area contributed by atoms with Gasteiger partial charge in [-0.1, -0.05) is 61.9 Å². The molecule has 1 saturated carbocycles. The number of benzene rings is 2. The number of fused-ring (bicyclic) bond motifs is 1. The van der Waals surface area contributed by atoms with Crippen LogP contribution in [-0.4, -0.2) is 16.7 Å². The van der Waals surface area contributed by atoms with Crippen molar-refractivity contribution in [2.75, 3.05) is 5.88 Å². The molecule has 1 aliphatic heterocycles. The summed E-state index contributed by atoms with van der Waals surface area (Å²) in [5, 5.41) is 0.